The van der Waals surface area contributed by atoms with Crippen molar-refractivity contribution in [2.45, 2.75) is 19.4 Å². The number of carbonyl (C=O) groups is 1. The number of carbonyl (C=O) groups excluding carboxylic acids is 1. The Balaban J connectivity index is 2.92. The van der Waals surface area contributed by atoms with E-state index in [1.54, 1.807) is 13.8 Å². The summed E-state index contributed by atoms with van der Waals surface area (Å²) in [6.45, 7) is 3.10. The van der Waals surface area contributed by atoms with Crippen molar-refractivity contribution in [3.63, 3.8) is 0 Å². The first kappa shape index (κ1) is 14.5. The summed E-state index contributed by atoms with van der Waals surface area (Å²) in [5, 5.41) is 0. The predicted octanol–water partition coefficient (Wildman–Crippen LogP) is -1.68. The molecule has 0 radical (unpaired) electrons. The average molecular weight is 279 g/mol. The van der Waals surface area contributed by atoms with Gasteiger partial charge in [0.15, 0.2) is 0 Å². The maximum Gasteiger partial charge on any atom is 0.424 e. The van der Waals surface area contributed by atoms with Gasteiger partial charge in [-0.15, -0.1) is 0 Å². The van der Waals surface area contributed by atoms with Crippen LogP contribution in [0, 0.1) is 0 Å². The third kappa shape index (κ3) is 2.83. The molecule has 0 bridgehead atoms. The van der Waals surface area contributed by atoms with Crippen LogP contribution in [-0.4, -0.2) is 37.5 Å². The highest BCUT2D eigenvalue weighted by Crippen LogP contribution is 2.16. The molecule has 1 fully saturated rings. The van der Waals surface area contributed by atoms with Crippen LogP contribution in [0.3, 0.4) is 0 Å². The highest BCUT2D eigenvalue weighted by atomic mass is 32.2. The number of nitrogens with two attached hydrogens (primary N) is 2. The minimum atomic E-state index is -4.02. The van der Waals surface area contributed by atoms with Gasteiger partial charge >= 0.3 is 16.3 Å². The van der Waals surface area contributed by atoms with Crippen molar-refractivity contribution in [3.05, 3.63) is 11.9 Å². The maximum atomic E-state index is 12.0. The van der Waals surface area contributed by atoms with E-state index < -0.39 is 21.8 Å². The maximum absolute atomic E-state index is 12.0. The van der Waals surface area contributed by atoms with E-state index in [4.69, 9.17) is 11.6 Å². The lowest BCUT2D eigenvalue weighted by Gasteiger charge is -2.29. The van der Waals surface area contributed by atoms with E-state index in [0.717, 1.165) is 6.20 Å². The summed E-state index contributed by atoms with van der Waals surface area (Å²) in [4.78, 5) is 11.2. The van der Waals surface area contributed by atoms with Gasteiger partial charge in [-0.05, 0) is 13.8 Å². The van der Waals surface area contributed by atoms with Gasteiger partial charge in [-0.2, -0.15) is 17.4 Å². The van der Waals surface area contributed by atoms with Crippen LogP contribution < -0.4 is 21.7 Å². The van der Waals surface area contributed by atoms with Crippen LogP contribution >= 0.6 is 0 Å². The van der Waals surface area contributed by atoms with Gasteiger partial charge in [-0.1, -0.05) is 0 Å². The number of nitrogens with zero attached hydrogens (tertiary/aromatic N) is 1. The molecule has 10 heteroatoms. The molecular formula is C8H17N5O4S. The molecule has 0 aliphatic carbocycles. The normalized spacial score (nSPS) is 17.8. The number of rotatable bonds is 5. The minimum absolute atomic E-state index is 0.0258. The highest BCUT2D eigenvalue weighted by Gasteiger charge is 2.38. The summed E-state index contributed by atoms with van der Waals surface area (Å²) in [6, 6.07) is 0. The van der Waals surface area contributed by atoms with Crippen molar-refractivity contribution in [1.29, 1.82) is 0 Å². The lowest BCUT2D eigenvalue weighted by atomic mass is 10.0. The van der Waals surface area contributed by atoms with Gasteiger partial charge in [-0.3, -0.25) is 5.84 Å². The van der Waals surface area contributed by atoms with Crippen molar-refractivity contribution in [2.75, 3.05) is 13.2 Å². The molecule has 1 aliphatic rings. The molecule has 6 N–H and O–H groups in total. The number of hydrogen-bond acceptors (Lipinski definition) is 7. The van der Waals surface area contributed by atoms with Crippen molar-refractivity contribution in [2.24, 2.45) is 11.6 Å². The Morgan fingerprint density at radius 2 is 2.17 bits per heavy atom. The van der Waals surface area contributed by atoms with Gasteiger partial charge in [0.1, 0.15) is 6.61 Å². The third-order valence-corrected chi connectivity index (χ3v) is 4.07. The third-order valence-electron chi connectivity index (χ3n) is 2.39. The minimum Gasteiger partial charge on any atom is -0.447 e. The molecule has 104 valence electrons. The zero-order valence-corrected chi connectivity index (χ0v) is 11.0. The number of cyclic esters (lactones) is 1. The van der Waals surface area contributed by atoms with Crippen LogP contribution in [0.25, 0.3) is 0 Å². The largest absolute Gasteiger partial charge is 0.447 e. The van der Waals surface area contributed by atoms with Gasteiger partial charge in [0.2, 0.25) is 0 Å². The Morgan fingerprint density at radius 3 is 2.56 bits per heavy atom. The van der Waals surface area contributed by atoms with Crippen LogP contribution in [0.15, 0.2) is 11.9 Å². The second-order valence-electron chi connectivity index (χ2n) is 4.14. The molecule has 0 aromatic rings. The first-order valence-corrected chi connectivity index (χ1v) is 6.56. The fourth-order valence-corrected chi connectivity index (χ4v) is 2.90. The van der Waals surface area contributed by atoms with Crippen LogP contribution in [-0.2, 0) is 14.9 Å². The number of ether oxygens (including phenoxy) is 1. The first-order chi connectivity index (χ1) is 8.24. The second kappa shape index (κ2) is 5.00. The zero-order valence-electron chi connectivity index (χ0n) is 10.1. The molecule has 1 aliphatic heterocycles. The number of hydrogen-bond donors (Lipinski definition) is 4. The van der Waals surface area contributed by atoms with Gasteiger partial charge < -0.3 is 15.9 Å². The summed E-state index contributed by atoms with van der Waals surface area (Å²) in [7, 11) is -4.02. The summed E-state index contributed by atoms with van der Waals surface area (Å²) in [6.07, 6.45) is 0.238. The van der Waals surface area contributed by atoms with Gasteiger partial charge in [0.05, 0.1) is 17.8 Å². The molecule has 1 saturated heterocycles. The lowest BCUT2D eigenvalue weighted by molar-refractivity contribution is 0.169. The van der Waals surface area contributed by atoms with Crippen LogP contribution in [0.5, 0.6) is 0 Å². The van der Waals surface area contributed by atoms with E-state index in [1.807, 2.05) is 0 Å². The molecule has 0 aromatic heterocycles. The molecule has 0 aromatic carbocycles. The van der Waals surface area contributed by atoms with Gasteiger partial charge in [0, 0.05) is 6.20 Å². The van der Waals surface area contributed by atoms with Crippen LogP contribution in [0.4, 0.5) is 4.79 Å². The first-order valence-electron chi connectivity index (χ1n) is 5.12. The molecule has 0 atom stereocenters. The molecule has 0 unspecified atom stereocenters. The van der Waals surface area contributed by atoms with Crippen molar-refractivity contribution < 1.29 is 17.9 Å². The summed E-state index contributed by atoms with van der Waals surface area (Å²) in [5.41, 5.74) is 6.79. The van der Waals surface area contributed by atoms with Crippen LogP contribution in [0.2, 0.25) is 0 Å². The summed E-state index contributed by atoms with van der Waals surface area (Å²) < 4.78 is 31.4. The SMILES string of the molecule is CC(C)(NS(=O)(=O)N1CCOC1=O)/C(=C/N)NN. The van der Waals surface area contributed by atoms with Gasteiger partial charge in [-0.25, -0.2) is 4.79 Å². The molecule has 1 amide bonds. The van der Waals surface area contributed by atoms with E-state index in [-0.39, 0.29) is 18.8 Å². The van der Waals surface area contributed by atoms with E-state index in [0.29, 0.717) is 4.31 Å². The molecule has 9 nitrogen and oxygen atoms in total. The quantitative estimate of drug-likeness (QED) is 0.348. The Labute approximate surface area is 105 Å². The topological polar surface area (TPSA) is 140 Å². The summed E-state index contributed by atoms with van der Waals surface area (Å²) in [5.74, 6) is 5.23. The average Bonchev–Trinajstić information content (AvgIpc) is 2.64. The van der Waals surface area contributed by atoms with E-state index in [1.165, 1.54) is 0 Å². The van der Waals surface area contributed by atoms with Crippen molar-refractivity contribution in [3.8, 4) is 0 Å². The lowest BCUT2D eigenvalue weighted by Crippen LogP contribution is -2.54. The molecule has 1 rings (SSSR count). The Bertz CT molecular complexity index is 458. The smallest absolute Gasteiger partial charge is 0.424 e. The number of amides is 1. The van der Waals surface area contributed by atoms with Crippen molar-refractivity contribution in [1.82, 2.24) is 14.5 Å². The molecular weight excluding hydrogens is 262 g/mol. The van der Waals surface area contributed by atoms with E-state index in [9.17, 15) is 13.2 Å². The predicted molar refractivity (Wildman–Crippen MR) is 63.8 cm³/mol. The number of nitrogens with one attached hydrogen (secondary N) is 2. The fraction of sp³-hybridized carbons (Fsp3) is 0.625. The molecule has 0 saturated carbocycles. The summed E-state index contributed by atoms with van der Waals surface area (Å²) >= 11 is 0. The monoisotopic (exact) mass is 279 g/mol. The standard InChI is InChI=1S/C8H17N5O4S/c1-8(2,6(5-9)11-10)12-18(15,16)13-3-4-17-7(13)14/h5,11-12H,3-4,9-10H2,1-2H3/b6-5-. The molecule has 0 spiro atoms. The van der Waals surface area contributed by atoms with Gasteiger partial charge in [0.25, 0.3) is 0 Å². The number of hydrazine groups is 1. The Kier molecular flexibility index (Phi) is 4.04. The molecule has 1 heterocycles. The second-order valence-corrected chi connectivity index (χ2v) is 5.74. The van der Waals surface area contributed by atoms with Crippen LogP contribution in [0.1, 0.15) is 13.8 Å². The fourth-order valence-electron chi connectivity index (χ4n) is 1.47. The van der Waals surface area contributed by atoms with E-state index in [2.05, 4.69) is 14.9 Å². The Hall–Kier alpha value is -1.52. The van der Waals surface area contributed by atoms with E-state index >= 15 is 0 Å². The van der Waals surface area contributed by atoms with Crippen molar-refractivity contribution >= 4 is 16.3 Å². The Morgan fingerprint density at radius 1 is 1.56 bits per heavy atom. The zero-order chi connectivity index (χ0) is 14.0. The highest BCUT2D eigenvalue weighted by molar-refractivity contribution is 7.87. The molecule has 18 heavy (non-hydrogen) atoms.